The van der Waals surface area contributed by atoms with Gasteiger partial charge in [0.1, 0.15) is 0 Å². The van der Waals surface area contributed by atoms with Gasteiger partial charge in [0.15, 0.2) is 5.96 Å². The van der Waals surface area contributed by atoms with Gasteiger partial charge in [-0.3, -0.25) is 0 Å². The average Bonchev–Trinajstić information content (AvgIpc) is 2.43. The van der Waals surface area contributed by atoms with Gasteiger partial charge in [0, 0.05) is 20.6 Å². The van der Waals surface area contributed by atoms with Crippen molar-refractivity contribution in [2.24, 2.45) is 10.7 Å². The summed E-state index contributed by atoms with van der Waals surface area (Å²) in [5.41, 5.74) is 7.55. The van der Waals surface area contributed by atoms with E-state index in [-0.39, 0.29) is 4.90 Å². The van der Waals surface area contributed by atoms with Gasteiger partial charge < -0.3 is 11.1 Å². The zero-order valence-electron chi connectivity index (χ0n) is 12.6. The molecule has 0 amide bonds. The Labute approximate surface area is 126 Å². The fourth-order valence-electron chi connectivity index (χ4n) is 1.45. The molecule has 0 atom stereocenters. The van der Waals surface area contributed by atoms with Crippen LogP contribution in [0.1, 0.15) is 12.5 Å². The number of nitrogens with zero attached hydrogens (tertiary/aromatic N) is 2. The van der Waals surface area contributed by atoms with Gasteiger partial charge in [-0.15, -0.1) is 0 Å². The van der Waals surface area contributed by atoms with Crippen molar-refractivity contribution >= 4 is 16.0 Å². The summed E-state index contributed by atoms with van der Waals surface area (Å²) in [4.78, 5) is 4.43. The average molecular weight is 310 g/mol. The van der Waals surface area contributed by atoms with Crippen LogP contribution in [0.15, 0.2) is 46.3 Å². The minimum absolute atomic E-state index is 0.258. The maximum absolute atomic E-state index is 11.9. The van der Waals surface area contributed by atoms with Crippen LogP contribution in [0.25, 0.3) is 0 Å². The second kappa shape index (κ2) is 7.24. The van der Waals surface area contributed by atoms with E-state index in [0.29, 0.717) is 19.0 Å². The number of rotatable bonds is 6. The Hall–Kier alpha value is -1.86. The zero-order valence-corrected chi connectivity index (χ0v) is 13.4. The Morgan fingerprint density at radius 2 is 1.90 bits per heavy atom. The van der Waals surface area contributed by atoms with E-state index in [1.165, 1.54) is 18.4 Å². The Balaban J connectivity index is 2.72. The van der Waals surface area contributed by atoms with Crippen LogP contribution in [0.4, 0.5) is 0 Å². The van der Waals surface area contributed by atoms with Gasteiger partial charge in [-0.25, -0.2) is 17.7 Å². The van der Waals surface area contributed by atoms with Crippen molar-refractivity contribution in [1.29, 1.82) is 0 Å². The SMILES string of the molecule is C=C(C)CNC(N)=NCc1ccc(S(=O)(=O)N(C)C)cc1. The molecule has 1 rings (SSSR count). The molecule has 0 spiro atoms. The molecule has 0 aliphatic rings. The third-order valence-electron chi connectivity index (χ3n) is 2.71. The fraction of sp³-hybridized carbons (Fsp3) is 0.357. The molecule has 0 bridgehead atoms. The summed E-state index contributed by atoms with van der Waals surface area (Å²) in [6.07, 6.45) is 0. The van der Waals surface area contributed by atoms with Crippen molar-refractivity contribution in [3.05, 3.63) is 42.0 Å². The van der Waals surface area contributed by atoms with Gasteiger partial charge in [-0.1, -0.05) is 24.3 Å². The maximum atomic E-state index is 11.9. The Morgan fingerprint density at radius 1 is 1.33 bits per heavy atom. The van der Waals surface area contributed by atoms with Crippen molar-refractivity contribution in [1.82, 2.24) is 9.62 Å². The largest absolute Gasteiger partial charge is 0.370 e. The molecule has 3 N–H and O–H groups in total. The number of hydrogen-bond donors (Lipinski definition) is 2. The van der Waals surface area contributed by atoms with E-state index < -0.39 is 10.0 Å². The number of benzene rings is 1. The van der Waals surface area contributed by atoms with Gasteiger partial charge in [0.05, 0.1) is 11.4 Å². The lowest BCUT2D eigenvalue weighted by Crippen LogP contribution is -2.32. The van der Waals surface area contributed by atoms with Gasteiger partial charge in [-0.2, -0.15) is 0 Å². The Bertz CT molecular complexity index is 619. The highest BCUT2D eigenvalue weighted by molar-refractivity contribution is 7.89. The topological polar surface area (TPSA) is 87.8 Å². The molecule has 1 aromatic carbocycles. The van der Waals surface area contributed by atoms with Crippen LogP contribution in [0, 0.1) is 0 Å². The molecular formula is C14H22N4O2S. The van der Waals surface area contributed by atoms with Crippen LogP contribution in [0.3, 0.4) is 0 Å². The normalized spacial score (nSPS) is 12.5. The molecule has 0 unspecified atom stereocenters. The molecule has 0 saturated carbocycles. The number of aliphatic imine (C=N–C) groups is 1. The van der Waals surface area contributed by atoms with E-state index in [1.54, 1.807) is 24.3 Å². The summed E-state index contributed by atoms with van der Waals surface area (Å²) in [6, 6.07) is 6.59. The van der Waals surface area contributed by atoms with Crippen molar-refractivity contribution < 1.29 is 8.42 Å². The summed E-state index contributed by atoms with van der Waals surface area (Å²) in [5.74, 6) is 0.336. The number of guanidine groups is 1. The summed E-state index contributed by atoms with van der Waals surface area (Å²) in [7, 11) is -0.389. The van der Waals surface area contributed by atoms with Gasteiger partial charge in [0.2, 0.25) is 10.0 Å². The summed E-state index contributed by atoms with van der Waals surface area (Å²) < 4.78 is 25.0. The first-order chi connectivity index (χ1) is 9.73. The second-order valence-corrected chi connectivity index (χ2v) is 7.10. The van der Waals surface area contributed by atoms with E-state index in [1.807, 2.05) is 6.92 Å². The zero-order chi connectivity index (χ0) is 16.0. The Kier molecular flexibility index (Phi) is 5.92. The molecule has 0 aliphatic carbocycles. The van der Waals surface area contributed by atoms with Crippen molar-refractivity contribution in [2.45, 2.75) is 18.4 Å². The highest BCUT2D eigenvalue weighted by Gasteiger charge is 2.16. The molecule has 21 heavy (non-hydrogen) atoms. The van der Waals surface area contributed by atoms with E-state index >= 15 is 0 Å². The number of nitrogens with two attached hydrogens (primary N) is 1. The quantitative estimate of drug-likeness (QED) is 0.464. The van der Waals surface area contributed by atoms with Crippen molar-refractivity contribution in [2.75, 3.05) is 20.6 Å². The first-order valence-corrected chi connectivity index (χ1v) is 7.87. The molecule has 0 saturated heterocycles. The first kappa shape index (κ1) is 17.2. The smallest absolute Gasteiger partial charge is 0.242 e. The third-order valence-corrected chi connectivity index (χ3v) is 4.53. The molecule has 116 valence electrons. The van der Waals surface area contributed by atoms with E-state index in [4.69, 9.17) is 5.73 Å². The van der Waals surface area contributed by atoms with Crippen LogP contribution in [0.5, 0.6) is 0 Å². The summed E-state index contributed by atoms with van der Waals surface area (Å²) in [6.45, 7) is 6.62. The van der Waals surface area contributed by atoms with Crippen LogP contribution in [-0.2, 0) is 16.6 Å². The predicted molar refractivity (Wildman–Crippen MR) is 85.5 cm³/mol. The molecule has 7 heteroatoms. The molecule has 0 radical (unpaired) electrons. The Morgan fingerprint density at radius 3 is 2.38 bits per heavy atom. The van der Waals surface area contributed by atoms with Crippen molar-refractivity contribution in [3.8, 4) is 0 Å². The molecule has 0 heterocycles. The lowest BCUT2D eigenvalue weighted by atomic mass is 10.2. The first-order valence-electron chi connectivity index (χ1n) is 6.43. The summed E-state index contributed by atoms with van der Waals surface area (Å²) in [5, 5.41) is 2.93. The van der Waals surface area contributed by atoms with Crippen LogP contribution < -0.4 is 11.1 Å². The number of hydrogen-bond acceptors (Lipinski definition) is 3. The number of sulfonamides is 1. The second-order valence-electron chi connectivity index (χ2n) is 4.94. The molecule has 6 nitrogen and oxygen atoms in total. The van der Waals surface area contributed by atoms with E-state index in [9.17, 15) is 8.42 Å². The molecule has 0 aromatic heterocycles. The summed E-state index contributed by atoms with van der Waals surface area (Å²) >= 11 is 0. The highest BCUT2D eigenvalue weighted by Crippen LogP contribution is 2.14. The van der Waals surface area contributed by atoms with Crippen molar-refractivity contribution in [3.63, 3.8) is 0 Å². The highest BCUT2D eigenvalue weighted by atomic mass is 32.2. The van der Waals surface area contributed by atoms with Crippen LogP contribution in [0.2, 0.25) is 0 Å². The molecule has 0 fully saturated rings. The standard InChI is InChI=1S/C14H22N4O2S/c1-11(2)9-16-14(15)17-10-12-5-7-13(8-6-12)21(19,20)18(3)4/h5-8H,1,9-10H2,2-4H3,(H3,15,16,17). The van der Waals surface area contributed by atoms with Crippen LogP contribution in [-0.4, -0.2) is 39.3 Å². The van der Waals surface area contributed by atoms with Crippen LogP contribution >= 0.6 is 0 Å². The molecule has 1 aromatic rings. The minimum atomic E-state index is -3.39. The molecule has 0 aliphatic heterocycles. The predicted octanol–water partition coefficient (Wildman–Crippen LogP) is 0.917. The lowest BCUT2D eigenvalue weighted by molar-refractivity contribution is 0.520. The van der Waals surface area contributed by atoms with Gasteiger partial charge >= 0.3 is 0 Å². The van der Waals surface area contributed by atoms with Gasteiger partial charge in [-0.05, 0) is 24.6 Å². The van der Waals surface area contributed by atoms with E-state index in [2.05, 4.69) is 16.9 Å². The third kappa shape index (κ3) is 5.20. The monoisotopic (exact) mass is 310 g/mol. The van der Waals surface area contributed by atoms with Gasteiger partial charge in [0.25, 0.3) is 0 Å². The van der Waals surface area contributed by atoms with E-state index in [0.717, 1.165) is 11.1 Å². The maximum Gasteiger partial charge on any atom is 0.242 e. The number of nitrogens with one attached hydrogen (secondary N) is 1. The fourth-order valence-corrected chi connectivity index (χ4v) is 2.35. The molecular weight excluding hydrogens is 288 g/mol. The minimum Gasteiger partial charge on any atom is -0.370 e. The lowest BCUT2D eigenvalue weighted by Gasteiger charge is -2.11.